The first-order valence-electron chi connectivity index (χ1n) is 8.18. The minimum Gasteiger partial charge on any atom is -0.347 e. The highest BCUT2D eigenvalue weighted by Crippen LogP contribution is 2.27. The normalized spacial score (nSPS) is 21.6. The van der Waals surface area contributed by atoms with Crippen LogP contribution in [0.1, 0.15) is 33.1 Å². The summed E-state index contributed by atoms with van der Waals surface area (Å²) in [7, 11) is 0. The first-order chi connectivity index (χ1) is 10.5. The highest BCUT2D eigenvalue weighted by Gasteiger charge is 2.27. The minimum atomic E-state index is 0.0660. The number of nitrogens with two attached hydrogens (primary N) is 1. The molecule has 0 radical (unpaired) electrons. The Morgan fingerprint density at radius 3 is 2.86 bits per heavy atom. The SMILES string of the molecule is CC(C)Cn1ccc2cc(NC(=O)C3CCC(N)C3)ccc21. The molecule has 118 valence electrons. The zero-order valence-corrected chi connectivity index (χ0v) is 13.4. The maximum atomic E-state index is 12.3. The molecule has 1 aliphatic rings. The van der Waals surface area contributed by atoms with E-state index in [0.717, 1.165) is 31.5 Å². The summed E-state index contributed by atoms with van der Waals surface area (Å²) in [6.45, 7) is 5.44. The summed E-state index contributed by atoms with van der Waals surface area (Å²) < 4.78 is 2.27. The van der Waals surface area contributed by atoms with Gasteiger partial charge in [-0.2, -0.15) is 0 Å². The molecular formula is C18H25N3O. The van der Waals surface area contributed by atoms with E-state index < -0.39 is 0 Å². The van der Waals surface area contributed by atoms with E-state index in [9.17, 15) is 4.79 Å². The van der Waals surface area contributed by atoms with Gasteiger partial charge >= 0.3 is 0 Å². The third-order valence-electron chi connectivity index (χ3n) is 4.44. The number of rotatable bonds is 4. The van der Waals surface area contributed by atoms with Crippen LogP contribution in [0.3, 0.4) is 0 Å². The van der Waals surface area contributed by atoms with Crippen molar-refractivity contribution in [2.45, 2.75) is 45.7 Å². The number of carbonyl (C=O) groups is 1. The lowest BCUT2D eigenvalue weighted by Crippen LogP contribution is -2.23. The smallest absolute Gasteiger partial charge is 0.227 e. The zero-order chi connectivity index (χ0) is 15.7. The van der Waals surface area contributed by atoms with Gasteiger partial charge in [0.05, 0.1) is 0 Å². The Balaban J connectivity index is 1.74. The fraction of sp³-hybridized carbons (Fsp3) is 0.500. The van der Waals surface area contributed by atoms with Gasteiger partial charge in [0.1, 0.15) is 0 Å². The summed E-state index contributed by atoms with van der Waals surface area (Å²) in [6.07, 6.45) is 4.78. The lowest BCUT2D eigenvalue weighted by molar-refractivity contribution is -0.119. The van der Waals surface area contributed by atoms with Crippen LogP contribution >= 0.6 is 0 Å². The lowest BCUT2D eigenvalue weighted by Gasteiger charge is -2.12. The molecule has 0 saturated heterocycles. The predicted molar refractivity (Wildman–Crippen MR) is 90.7 cm³/mol. The fourth-order valence-corrected chi connectivity index (χ4v) is 3.33. The maximum Gasteiger partial charge on any atom is 0.227 e. The van der Waals surface area contributed by atoms with Crippen molar-refractivity contribution < 1.29 is 4.79 Å². The summed E-state index contributed by atoms with van der Waals surface area (Å²) in [5, 5.41) is 4.21. The molecule has 0 spiro atoms. The molecule has 1 fully saturated rings. The second-order valence-corrected chi connectivity index (χ2v) is 6.89. The monoisotopic (exact) mass is 299 g/mol. The van der Waals surface area contributed by atoms with Crippen molar-refractivity contribution in [1.29, 1.82) is 0 Å². The number of aromatic nitrogens is 1. The van der Waals surface area contributed by atoms with E-state index in [0.29, 0.717) is 5.92 Å². The second-order valence-electron chi connectivity index (χ2n) is 6.89. The van der Waals surface area contributed by atoms with Gasteiger partial charge in [-0.15, -0.1) is 0 Å². The van der Waals surface area contributed by atoms with Gasteiger partial charge in [-0.25, -0.2) is 0 Å². The third-order valence-corrected chi connectivity index (χ3v) is 4.44. The summed E-state index contributed by atoms with van der Waals surface area (Å²) in [6, 6.07) is 8.43. The summed E-state index contributed by atoms with van der Waals surface area (Å²) >= 11 is 0. The van der Waals surface area contributed by atoms with Gasteiger partial charge in [0.15, 0.2) is 0 Å². The van der Waals surface area contributed by atoms with Crippen molar-refractivity contribution >= 4 is 22.5 Å². The van der Waals surface area contributed by atoms with E-state index in [-0.39, 0.29) is 17.9 Å². The molecule has 4 heteroatoms. The number of benzene rings is 1. The molecule has 0 bridgehead atoms. The van der Waals surface area contributed by atoms with E-state index in [1.54, 1.807) is 0 Å². The molecule has 1 aliphatic carbocycles. The molecule has 2 atom stereocenters. The van der Waals surface area contributed by atoms with Crippen LogP contribution in [0.4, 0.5) is 5.69 Å². The number of hydrogen-bond donors (Lipinski definition) is 2. The van der Waals surface area contributed by atoms with Crippen molar-refractivity contribution in [2.75, 3.05) is 5.32 Å². The van der Waals surface area contributed by atoms with Gasteiger partial charge in [0.25, 0.3) is 0 Å². The van der Waals surface area contributed by atoms with Gasteiger partial charge < -0.3 is 15.6 Å². The van der Waals surface area contributed by atoms with Gasteiger partial charge in [0.2, 0.25) is 5.91 Å². The summed E-state index contributed by atoms with van der Waals surface area (Å²) in [4.78, 5) is 12.3. The van der Waals surface area contributed by atoms with Crippen LogP contribution in [0, 0.1) is 11.8 Å². The number of carbonyl (C=O) groups excluding carboxylic acids is 1. The van der Waals surface area contributed by atoms with E-state index in [1.165, 1.54) is 10.9 Å². The van der Waals surface area contributed by atoms with Crippen molar-refractivity contribution in [1.82, 2.24) is 4.57 Å². The van der Waals surface area contributed by atoms with Gasteiger partial charge in [-0.1, -0.05) is 13.8 Å². The predicted octanol–water partition coefficient (Wildman–Crippen LogP) is 3.36. The van der Waals surface area contributed by atoms with Crippen molar-refractivity contribution in [3.05, 3.63) is 30.5 Å². The van der Waals surface area contributed by atoms with Crippen molar-refractivity contribution in [3.63, 3.8) is 0 Å². The minimum absolute atomic E-state index is 0.0660. The first-order valence-corrected chi connectivity index (χ1v) is 8.18. The molecule has 3 N–H and O–H groups in total. The quantitative estimate of drug-likeness (QED) is 0.909. The Labute approximate surface area is 131 Å². The maximum absolute atomic E-state index is 12.3. The molecule has 2 aromatic rings. The van der Waals surface area contributed by atoms with Crippen LogP contribution in [0.15, 0.2) is 30.5 Å². The molecule has 1 aromatic carbocycles. The van der Waals surface area contributed by atoms with E-state index in [4.69, 9.17) is 5.73 Å². The molecule has 1 heterocycles. The van der Waals surface area contributed by atoms with Crippen LogP contribution in [-0.4, -0.2) is 16.5 Å². The van der Waals surface area contributed by atoms with Crippen LogP contribution in [-0.2, 0) is 11.3 Å². The van der Waals surface area contributed by atoms with Gasteiger partial charge in [-0.05, 0) is 49.4 Å². The molecular weight excluding hydrogens is 274 g/mol. The Bertz CT molecular complexity index is 674. The number of nitrogens with zero attached hydrogens (tertiary/aromatic N) is 1. The van der Waals surface area contributed by atoms with Gasteiger partial charge in [-0.3, -0.25) is 4.79 Å². The van der Waals surface area contributed by atoms with Crippen LogP contribution < -0.4 is 11.1 Å². The number of nitrogens with one attached hydrogen (secondary N) is 1. The highest BCUT2D eigenvalue weighted by atomic mass is 16.1. The number of hydrogen-bond acceptors (Lipinski definition) is 2. The molecule has 0 aliphatic heterocycles. The lowest BCUT2D eigenvalue weighted by atomic mass is 10.1. The summed E-state index contributed by atoms with van der Waals surface area (Å²) in [5.41, 5.74) is 7.98. The van der Waals surface area contributed by atoms with Crippen LogP contribution in [0.5, 0.6) is 0 Å². The zero-order valence-electron chi connectivity index (χ0n) is 13.4. The topological polar surface area (TPSA) is 60.0 Å². The average Bonchev–Trinajstić information content (AvgIpc) is 3.05. The van der Waals surface area contributed by atoms with Gasteiger partial charge in [0, 0.05) is 41.3 Å². The third kappa shape index (κ3) is 3.17. The van der Waals surface area contributed by atoms with E-state index >= 15 is 0 Å². The van der Waals surface area contributed by atoms with Crippen molar-refractivity contribution in [3.8, 4) is 0 Å². The van der Waals surface area contributed by atoms with E-state index in [1.807, 2.05) is 6.07 Å². The summed E-state index contributed by atoms with van der Waals surface area (Å²) in [5.74, 6) is 0.784. The van der Waals surface area contributed by atoms with Crippen LogP contribution in [0.2, 0.25) is 0 Å². The largest absolute Gasteiger partial charge is 0.347 e. The second kappa shape index (κ2) is 6.13. The molecule has 1 amide bonds. The van der Waals surface area contributed by atoms with E-state index in [2.05, 4.69) is 48.1 Å². The molecule has 22 heavy (non-hydrogen) atoms. The highest BCUT2D eigenvalue weighted by molar-refractivity contribution is 5.95. The van der Waals surface area contributed by atoms with Crippen LogP contribution in [0.25, 0.3) is 10.9 Å². The Morgan fingerprint density at radius 1 is 1.36 bits per heavy atom. The Morgan fingerprint density at radius 2 is 2.18 bits per heavy atom. The molecule has 4 nitrogen and oxygen atoms in total. The average molecular weight is 299 g/mol. The number of amides is 1. The standard InChI is InChI=1S/C18H25N3O/c1-12(2)11-21-8-7-13-10-16(5-6-17(13)21)20-18(22)14-3-4-15(19)9-14/h5-8,10,12,14-15H,3-4,9,11,19H2,1-2H3,(H,20,22). The Hall–Kier alpha value is -1.81. The molecule has 3 rings (SSSR count). The molecule has 2 unspecified atom stereocenters. The first kappa shape index (κ1) is 15.1. The fourth-order valence-electron chi connectivity index (χ4n) is 3.33. The van der Waals surface area contributed by atoms with Crippen molar-refractivity contribution in [2.24, 2.45) is 17.6 Å². The Kier molecular flexibility index (Phi) is 4.21. The molecule has 1 aromatic heterocycles. The number of anilines is 1. The molecule has 1 saturated carbocycles. The number of fused-ring (bicyclic) bond motifs is 1.